The molecule has 0 atom stereocenters. The molecule has 2 aromatic carbocycles. The summed E-state index contributed by atoms with van der Waals surface area (Å²) in [6.07, 6.45) is 0. The first-order valence-electron chi connectivity index (χ1n) is 8.25. The summed E-state index contributed by atoms with van der Waals surface area (Å²) < 4.78 is 11.4. The standard InChI is InChI=1S/C20H26ClNO3/c1-14-6-5-7-15(8-14)12-25-19-17(21)9-16(10-18(19)24-4)11-22-20(2,3)13-23/h5-10,22-23H,11-13H2,1-4H3. The van der Waals surface area contributed by atoms with Gasteiger partial charge < -0.3 is 19.9 Å². The topological polar surface area (TPSA) is 50.7 Å². The van der Waals surface area contributed by atoms with Crippen LogP contribution in [0, 0.1) is 6.92 Å². The average molecular weight is 364 g/mol. The molecule has 0 spiro atoms. The summed E-state index contributed by atoms with van der Waals surface area (Å²) in [4.78, 5) is 0. The molecule has 0 aliphatic rings. The SMILES string of the molecule is COc1cc(CNC(C)(C)CO)cc(Cl)c1OCc1cccc(C)c1. The number of benzene rings is 2. The van der Waals surface area contributed by atoms with Gasteiger partial charge in [0.2, 0.25) is 0 Å². The molecule has 0 radical (unpaired) electrons. The Labute approximate surface area is 154 Å². The highest BCUT2D eigenvalue weighted by Gasteiger charge is 2.17. The smallest absolute Gasteiger partial charge is 0.180 e. The number of nitrogens with one attached hydrogen (secondary N) is 1. The van der Waals surface area contributed by atoms with E-state index in [2.05, 4.69) is 11.4 Å². The highest BCUT2D eigenvalue weighted by molar-refractivity contribution is 6.32. The Balaban J connectivity index is 2.13. The number of ether oxygens (including phenoxy) is 2. The van der Waals surface area contributed by atoms with E-state index in [1.54, 1.807) is 7.11 Å². The van der Waals surface area contributed by atoms with Crippen LogP contribution in [0.2, 0.25) is 5.02 Å². The molecule has 0 saturated heterocycles. The van der Waals surface area contributed by atoms with Gasteiger partial charge in [0, 0.05) is 12.1 Å². The first-order chi connectivity index (χ1) is 11.8. The van der Waals surface area contributed by atoms with Gasteiger partial charge in [0.1, 0.15) is 6.61 Å². The van der Waals surface area contributed by atoms with Crippen molar-refractivity contribution in [3.05, 3.63) is 58.1 Å². The number of halogens is 1. The molecule has 2 rings (SSSR count). The molecule has 4 nitrogen and oxygen atoms in total. The number of methoxy groups -OCH3 is 1. The van der Waals surface area contributed by atoms with Gasteiger partial charge >= 0.3 is 0 Å². The Kier molecular flexibility index (Phi) is 6.71. The van der Waals surface area contributed by atoms with E-state index in [1.807, 2.05) is 51.1 Å². The molecule has 0 saturated carbocycles. The van der Waals surface area contributed by atoms with Crippen LogP contribution in [0.4, 0.5) is 0 Å². The minimum Gasteiger partial charge on any atom is -0.493 e. The van der Waals surface area contributed by atoms with Crippen LogP contribution in [-0.2, 0) is 13.2 Å². The van der Waals surface area contributed by atoms with Crippen LogP contribution in [0.1, 0.15) is 30.5 Å². The lowest BCUT2D eigenvalue weighted by molar-refractivity contribution is 0.187. The first kappa shape index (κ1) is 19.6. The Morgan fingerprint density at radius 2 is 1.92 bits per heavy atom. The van der Waals surface area contributed by atoms with E-state index in [0.717, 1.165) is 11.1 Å². The van der Waals surface area contributed by atoms with Crippen molar-refractivity contribution in [1.82, 2.24) is 5.32 Å². The van der Waals surface area contributed by atoms with Gasteiger partial charge in [-0.15, -0.1) is 0 Å². The summed E-state index contributed by atoms with van der Waals surface area (Å²) in [5.41, 5.74) is 2.87. The minimum atomic E-state index is -0.361. The molecule has 0 amide bonds. The van der Waals surface area contributed by atoms with Crippen molar-refractivity contribution < 1.29 is 14.6 Å². The van der Waals surface area contributed by atoms with Crippen molar-refractivity contribution in [2.24, 2.45) is 0 Å². The number of hydrogen-bond acceptors (Lipinski definition) is 4. The van der Waals surface area contributed by atoms with Crippen LogP contribution in [0.5, 0.6) is 11.5 Å². The maximum absolute atomic E-state index is 9.34. The lowest BCUT2D eigenvalue weighted by Gasteiger charge is -2.24. The van der Waals surface area contributed by atoms with Crippen LogP contribution in [0.3, 0.4) is 0 Å². The molecule has 0 fully saturated rings. The normalized spacial score (nSPS) is 11.4. The lowest BCUT2D eigenvalue weighted by Crippen LogP contribution is -2.42. The molecule has 5 heteroatoms. The number of aliphatic hydroxyl groups excluding tert-OH is 1. The predicted molar refractivity (Wildman–Crippen MR) is 102 cm³/mol. The second-order valence-corrected chi connectivity index (χ2v) is 7.19. The zero-order valence-corrected chi connectivity index (χ0v) is 16.0. The van der Waals surface area contributed by atoms with E-state index in [1.165, 1.54) is 5.56 Å². The maximum Gasteiger partial charge on any atom is 0.180 e. The van der Waals surface area contributed by atoms with Crippen molar-refractivity contribution in [3.63, 3.8) is 0 Å². The molecule has 136 valence electrons. The van der Waals surface area contributed by atoms with Crippen molar-refractivity contribution in [2.45, 2.75) is 39.5 Å². The molecular weight excluding hydrogens is 338 g/mol. The summed E-state index contributed by atoms with van der Waals surface area (Å²) in [5, 5.41) is 13.1. The van der Waals surface area contributed by atoms with Gasteiger partial charge in [-0.25, -0.2) is 0 Å². The van der Waals surface area contributed by atoms with Gasteiger partial charge in [-0.1, -0.05) is 41.4 Å². The van der Waals surface area contributed by atoms with Crippen LogP contribution in [0.25, 0.3) is 0 Å². The molecular formula is C20H26ClNO3. The summed E-state index contributed by atoms with van der Waals surface area (Å²) in [6.45, 7) is 6.97. The van der Waals surface area contributed by atoms with Crippen LogP contribution in [-0.4, -0.2) is 24.4 Å². The molecule has 0 aliphatic carbocycles. The monoisotopic (exact) mass is 363 g/mol. The van der Waals surface area contributed by atoms with Gasteiger partial charge in [-0.3, -0.25) is 0 Å². The van der Waals surface area contributed by atoms with Crippen LogP contribution >= 0.6 is 11.6 Å². The van der Waals surface area contributed by atoms with Crippen molar-refractivity contribution in [1.29, 1.82) is 0 Å². The highest BCUT2D eigenvalue weighted by atomic mass is 35.5. The molecule has 25 heavy (non-hydrogen) atoms. The average Bonchev–Trinajstić information content (AvgIpc) is 2.58. The van der Waals surface area contributed by atoms with Gasteiger partial charge in [0.05, 0.1) is 18.7 Å². The highest BCUT2D eigenvalue weighted by Crippen LogP contribution is 2.37. The molecule has 2 N–H and O–H groups in total. The number of aliphatic hydroxyl groups is 1. The van der Waals surface area contributed by atoms with E-state index in [0.29, 0.717) is 29.7 Å². The largest absolute Gasteiger partial charge is 0.493 e. The van der Waals surface area contributed by atoms with Crippen LogP contribution in [0.15, 0.2) is 36.4 Å². The summed E-state index contributed by atoms with van der Waals surface area (Å²) in [7, 11) is 1.60. The van der Waals surface area contributed by atoms with E-state index in [4.69, 9.17) is 21.1 Å². The maximum atomic E-state index is 9.34. The van der Waals surface area contributed by atoms with E-state index in [-0.39, 0.29) is 12.1 Å². The quantitative estimate of drug-likeness (QED) is 0.741. The third-order valence-electron chi connectivity index (χ3n) is 3.92. The van der Waals surface area contributed by atoms with Gasteiger partial charge in [0.25, 0.3) is 0 Å². The van der Waals surface area contributed by atoms with E-state index < -0.39 is 0 Å². The molecule has 0 unspecified atom stereocenters. The third-order valence-corrected chi connectivity index (χ3v) is 4.20. The predicted octanol–water partition coefficient (Wildman–Crippen LogP) is 4.10. The fraction of sp³-hybridized carbons (Fsp3) is 0.400. The number of hydrogen-bond donors (Lipinski definition) is 2. The zero-order chi connectivity index (χ0) is 18.4. The number of rotatable bonds is 8. The Morgan fingerprint density at radius 1 is 1.16 bits per heavy atom. The second kappa shape index (κ2) is 8.56. The van der Waals surface area contributed by atoms with Crippen molar-refractivity contribution in [3.8, 4) is 11.5 Å². The van der Waals surface area contributed by atoms with Crippen LogP contribution < -0.4 is 14.8 Å². The van der Waals surface area contributed by atoms with Crippen molar-refractivity contribution in [2.75, 3.05) is 13.7 Å². The van der Waals surface area contributed by atoms with Crippen molar-refractivity contribution >= 4 is 11.6 Å². The molecule has 0 aromatic heterocycles. The first-order valence-corrected chi connectivity index (χ1v) is 8.63. The minimum absolute atomic E-state index is 0.0511. The van der Waals surface area contributed by atoms with Gasteiger partial charge in [-0.05, 0) is 44.0 Å². The third kappa shape index (κ3) is 5.63. The number of aryl methyl sites for hydroxylation is 1. The van der Waals surface area contributed by atoms with E-state index >= 15 is 0 Å². The summed E-state index contributed by atoms with van der Waals surface area (Å²) in [6, 6.07) is 11.9. The molecule has 0 aliphatic heterocycles. The molecule has 0 heterocycles. The Morgan fingerprint density at radius 3 is 2.56 bits per heavy atom. The second-order valence-electron chi connectivity index (χ2n) is 6.78. The summed E-state index contributed by atoms with van der Waals surface area (Å²) >= 11 is 6.41. The lowest BCUT2D eigenvalue weighted by atomic mass is 10.1. The fourth-order valence-electron chi connectivity index (χ4n) is 2.37. The summed E-state index contributed by atoms with van der Waals surface area (Å²) in [5.74, 6) is 1.13. The molecule has 2 aromatic rings. The van der Waals surface area contributed by atoms with Gasteiger partial charge in [-0.2, -0.15) is 0 Å². The Bertz CT molecular complexity index is 716. The Hall–Kier alpha value is -1.75. The molecule has 0 bridgehead atoms. The zero-order valence-electron chi connectivity index (χ0n) is 15.2. The fourth-order valence-corrected chi connectivity index (χ4v) is 2.66. The van der Waals surface area contributed by atoms with Gasteiger partial charge in [0.15, 0.2) is 11.5 Å². The van der Waals surface area contributed by atoms with E-state index in [9.17, 15) is 5.11 Å².